The quantitative estimate of drug-likeness (QED) is 0.215. The normalized spacial score (nSPS) is 21.2. The molecule has 3 saturated heterocycles. The summed E-state index contributed by atoms with van der Waals surface area (Å²) in [6.07, 6.45) is 2.10. The number of benzene rings is 3. The first-order chi connectivity index (χ1) is 26.5. The number of esters is 1. The Morgan fingerprint density at radius 2 is 1.55 bits per heavy atom. The zero-order valence-electron chi connectivity index (χ0n) is 31.9. The number of nitrogens with one attached hydrogen (secondary N) is 1. The number of carbonyl (C=O) groups is 3. The van der Waals surface area contributed by atoms with Crippen LogP contribution in [-0.4, -0.2) is 119 Å². The first-order valence-corrected chi connectivity index (χ1v) is 19.5. The second-order valence-corrected chi connectivity index (χ2v) is 15.1. The minimum Gasteiger partial charge on any atom is -0.493 e. The highest BCUT2D eigenvalue weighted by Crippen LogP contribution is 2.43. The smallest absolute Gasteiger partial charge is 0.337 e. The minimum atomic E-state index is -0.805. The molecular weight excluding hydrogens is 747 g/mol. The van der Waals surface area contributed by atoms with Crippen molar-refractivity contribution in [2.45, 2.75) is 49.7 Å². The Morgan fingerprint density at radius 3 is 2.18 bits per heavy atom. The van der Waals surface area contributed by atoms with E-state index in [1.165, 1.54) is 21.3 Å². The highest BCUT2D eigenvalue weighted by atomic mass is 35.5. The van der Waals surface area contributed by atoms with E-state index in [2.05, 4.69) is 22.3 Å². The van der Waals surface area contributed by atoms with Gasteiger partial charge in [-0.2, -0.15) is 0 Å². The molecule has 6 rings (SSSR count). The average Bonchev–Trinajstić information content (AvgIpc) is 3.66. The number of morpholine rings is 1. The van der Waals surface area contributed by atoms with E-state index in [4.69, 9.17) is 46.9 Å². The van der Waals surface area contributed by atoms with E-state index < -0.39 is 17.6 Å². The molecule has 0 aliphatic carbocycles. The Balaban J connectivity index is 1.18. The molecule has 12 nitrogen and oxygen atoms in total. The number of piperidine rings is 1. The fourth-order valence-electron chi connectivity index (χ4n) is 8.11. The first kappa shape index (κ1) is 40.4. The number of ether oxygens (including phenoxy) is 5. The molecule has 55 heavy (non-hydrogen) atoms. The summed E-state index contributed by atoms with van der Waals surface area (Å²) in [5, 5.41) is 4.34. The number of carbonyl (C=O) groups excluding carboxylic acids is 3. The fraction of sp³-hybridized carbons (Fsp3) is 0.488. The van der Waals surface area contributed by atoms with Crippen LogP contribution in [0.4, 0.5) is 4.79 Å². The maximum atomic E-state index is 14.1. The fourth-order valence-corrected chi connectivity index (χ4v) is 8.41. The number of halogens is 2. The lowest BCUT2D eigenvalue weighted by Crippen LogP contribution is -2.59. The van der Waals surface area contributed by atoms with Gasteiger partial charge in [0, 0.05) is 43.7 Å². The Morgan fingerprint density at radius 1 is 0.836 bits per heavy atom. The van der Waals surface area contributed by atoms with Gasteiger partial charge in [-0.25, -0.2) is 9.59 Å². The summed E-state index contributed by atoms with van der Waals surface area (Å²) in [6.45, 7) is 6.08. The van der Waals surface area contributed by atoms with Gasteiger partial charge in [0.1, 0.15) is 0 Å². The molecule has 3 fully saturated rings. The van der Waals surface area contributed by atoms with Crippen LogP contribution < -0.4 is 19.5 Å². The number of rotatable bonds is 12. The summed E-state index contributed by atoms with van der Waals surface area (Å²) in [6, 6.07) is 19.0. The topological polar surface area (TPSA) is 119 Å². The average molecular weight is 798 g/mol. The zero-order valence-corrected chi connectivity index (χ0v) is 33.4. The molecule has 2 atom stereocenters. The van der Waals surface area contributed by atoms with Gasteiger partial charge < -0.3 is 43.7 Å². The Kier molecular flexibility index (Phi) is 13.0. The molecule has 0 bridgehead atoms. The predicted molar refractivity (Wildman–Crippen MR) is 210 cm³/mol. The largest absolute Gasteiger partial charge is 0.493 e. The lowest BCUT2D eigenvalue weighted by Gasteiger charge is -2.45. The monoisotopic (exact) mass is 796 g/mol. The Hall–Kier alpha value is -4.23. The van der Waals surface area contributed by atoms with Gasteiger partial charge in [-0.1, -0.05) is 59.6 Å². The maximum Gasteiger partial charge on any atom is 0.337 e. The second kappa shape index (κ2) is 17.7. The van der Waals surface area contributed by atoms with Crippen molar-refractivity contribution in [2.75, 3.05) is 80.4 Å². The van der Waals surface area contributed by atoms with E-state index in [1.54, 1.807) is 24.0 Å². The predicted octanol–water partition coefficient (Wildman–Crippen LogP) is 6.16. The SMILES string of the molecule is CCOC(=O)[C@@H]1CN(C(=O)NC2(c3ccccc3)CCN(CC[C@]3(c4ccc(Cl)c(Cl)c4)CCN(C(=O)c4cc(OC)c(OC)c(OC)c4)C3)CC2)CCO1. The molecule has 0 spiro atoms. The second-order valence-electron chi connectivity index (χ2n) is 14.3. The van der Waals surface area contributed by atoms with Gasteiger partial charge in [0.15, 0.2) is 17.6 Å². The molecule has 14 heteroatoms. The lowest BCUT2D eigenvalue weighted by atomic mass is 9.76. The van der Waals surface area contributed by atoms with Crippen LogP contribution in [0.2, 0.25) is 10.0 Å². The van der Waals surface area contributed by atoms with Crippen LogP contribution in [0.5, 0.6) is 17.2 Å². The summed E-state index contributed by atoms with van der Waals surface area (Å²) in [5.41, 5.74) is 1.56. The van der Waals surface area contributed by atoms with E-state index in [0.29, 0.717) is 65.3 Å². The van der Waals surface area contributed by atoms with E-state index in [9.17, 15) is 14.4 Å². The summed E-state index contributed by atoms with van der Waals surface area (Å²) in [4.78, 5) is 46.3. The van der Waals surface area contributed by atoms with Crippen molar-refractivity contribution in [1.82, 2.24) is 20.0 Å². The molecule has 0 radical (unpaired) electrons. The standard InChI is InChI=1S/C41H50Cl2N4O8/c1-5-54-38(49)35-26-46(21-22-55-35)39(50)44-41(29-9-7-6-8-10-29)15-18-45(19-16-41)17-13-40(30-11-12-31(42)32(43)25-30)14-20-47(27-40)37(48)28-23-33(51-2)36(53-4)34(24-28)52-3/h6-12,23-25,35H,5,13-22,26-27H2,1-4H3,(H,44,50)/t35-,40-/m0/s1. The molecule has 0 saturated carbocycles. The number of nitrogens with zero attached hydrogens (tertiary/aromatic N) is 3. The zero-order chi connectivity index (χ0) is 39.2. The molecule has 296 valence electrons. The minimum absolute atomic E-state index is 0.128. The number of hydrogen-bond acceptors (Lipinski definition) is 9. The van der Waals surface area contributed by atoms with Crippen molar-refractivity contribution in [2.24, 2.45) is 0 Å². The number of likely N-dealkylation sites (tertiary alicyclic amines) is 2. The highest BCUT2D eigenvalue weighted by Gasteiger charge is 2.44. The van der Waals surface area contributed by atoms with Crippen molar-refractivity contribution in [3.63, 3.8) is 0 Å². The summed E-state index contributed by atoms with van der Waals surface area (Å²) >= 11 is 13.0. The third kappa shape index (κ3) is 8.77. The van der Waals surface area contributed by atoms with Crippen LogP contribution in [0.15, 0.2) is 60.7 Å². The van der Waals surface area contributed by atoms with E-state index in [-0.39, 0.29) is 37.1 Å². The summed E-state index contributed by atoms with van der Waals surface area (Å²) < 4.78 is 27.3. The Labute approximate surface area is 332 Å². The maximum absolute atomic E-state index is 14.1. The molecular formula is C41H50Cl2N4O8. The van der Waals surface area contributed by atoms with Gasteiger partial charge >= 0.3 is 12.0 Å². The van der Waals surface area contributed by atoms with Crippen LogP contribution >= 0.6 is 23.2 Å². The molecule has 3 aromatic rings. The molecule has 3 aliphatic rings. The van der Waals surface area contributed by atoms with E-state index >= 15 is 0 Å². The number of hydrogen-bond donors (Lipinski definition) is 1. The highest BCUT2D eigenvalue weighted by molar-refractivity contribution is 6.42. The third-order valence-corrected chi connectivity index (χ3v) is 12.0. The molecule has 3 heterocycles. The molecule has 0 unspecified atom stereocenters. The third-order valence-electron chi connectivity index (χ3n) is 11.3. The lowest BCUT2D eigenvalue weighted by molar-refractivity contribution is -0.160. The molecule has 3 aromatic carbocycles. The van der Waals surface area contributed by atoms with Crippen molar-refractivity contribution < 1.29 is 38.1 Å². The van der Waals surface area contributed by atoms with Crippen molar-refractivity contribution >= 4 is 41.1 Å². The number of urea groups is 1. The van der Waals surface area contributed by atoms with Crippen LogP contribution in [0.1, 0.15) is 54.1 Å². The van der Waals surface area contributed by atoms with Crippen LogP contribution in [0.3, 0.4) is 0 Å². The van der Waals surface area contributed by atoms with E-state index in [1.807, 2.05) is 41.3 Å². The van der Waals surface area contributed by atoms with Gasteiger partial charge in [0.05, 0.1) is 56.7 Å². The van der Waals surface area contributed by atoms with Crippen LogP contribution in [0.25, 0.3) is 0 Å². The molecule has 3 amide bonds. The number of methoxy groups -OCH3 is 3. The Bertz CT molecular complexity index is 1810. The summed E-state index contributed by atoms with van der Waals surface area (Å²) in [5.74, 6) is 0.670. The van der Waals surface area contributed by atoms with Crippen molar-refractivity contribution in [3.05, 3.63) is 87.4 Å². The molecule has 1 N–H and O–H groups in total. The molecule has 0 aromatic heterocycles. The van der Waals surface area contributed by atoms with Crippen molar-refractivity contribution in [1.29, 1.82) is 0 Å². The van der Waals surface area contributed by atoms with Gasteiger partial charge in [-0.15, -0.1) is 0 Å². The van der Waals surface area contributed by atoms with Gasteiger partial charge in [0.25, 0.3) is 5.91 Å². The van der Waals surface area contributed by atoms with Crippen molar-refractivity contribution in [3.8, 4) is 17.2 Å². The van der Waals surface area contributed by atoms with Crippen LogP contribution in [0, 0.1) is 0 Å². The summed E-state index contributed by atoms with van der Waals surface area (Å²) in [7, 11) is 4.59. The van der Waals surface area contributed by atoms with Gasteiger partial charge in [-0.3, -0.25) is 4.79 Å². The van der Waals surface area contributed by atoms with E-state index in [0.717, 1.165) is 43.6 Å². The van der Waals surface area contributed by atoms with Gasteiger partial charge in [-0.05, 0) is 74.5 Å². The molecule has 3 aliphatic heterocycles. The number of amides is 3. The van der Waals surface area contributed by atoms with Gasteiger partial charge in [0.2, 0.25) is 5.75 Å². The first-order valence-electron chi connectivity index (χ1n) is 18.7. The van der Waals surface area contributed by atoms with Crippen LogP contribution in [-0.2, 0) is 25.2 Å².